The van der Waals surface area contributed by atoms with Crippen LogP contribution in [-0.2, 0) is 4.79 Å². The summed E-state index contributed by atoms with van der Waals surface area (Å²) in [7, 11) is 0. The van der Waals surface area contributed by atoms with E-state index in [9.17, 15) is 9.90 Å². The van der Waals surface area contributed by atoms with Gasteiger partial charge >= 0.3 is 0 Å². The lowest BCUT2D eigenvalue weighted by Gasteiger charge is -2.06. The summed E-state index contributed by atoms with van der Waals surface area (Å²) in [6.07, 6.45) is 2.43. The summed E-state index contributed by atoms with van der Waals surface area (Å²) < 4.78 is 5.40. The molecule has 0 saturated carbocycles. The topological polar surface area (TPSA) is 70.6 Å². The largest absolute Gasteiger partial charge is 0.507 e. The number of thiocarbonyl (C=S) groups is 1. The molecular weight excluding hydrogens is 264 g/mol. The number of phenols is 1. The Balaban J connectivity index is 2.19. The molecule has 0 aliphatic carbocycles. The monoisotopic (exact) mass is 278 g/mol. The van der Waals surface area contributed by atoms with E-state index in [1.165, 1.54) is 12.1 Å². The number of hydrogen-bond donors (Lipinski definition) is 3. The van der Waals surface area contributed by atoms with Gasteiger partial charge in [0, 0.05) is 11.6 Å². The number of aromatic hydroxyl groups is 1. The Labute approximate surface area is 116 Å². The van der Waals surface area contributed by atoms with Crippen molar-refractivity contribution in [1.82, 2.24) is 10.6 Å². The molecule has 0 radical (unpaired) electrons. The molecule has 0 unspecified atom stereocenters. The molecule has 1 aliphatic rings. The average molecular weight is 278 g/mol. The van der Waals surface area contributed by atoms with E-state index in [4.69, 9.17) is 17.0 Å². The molecule has 1 fully saturated rings. The van der Waals surface area contributed by atoms with Gasteiger partial charge in [0.05, 0.1) is 6.61 Å². The van der Waals surface area contributed by atoms with Gasteiger partial charge in [0.15, 0.2) is 5.11 Å². The van der Waals surface area contributed by atoms with Gasteiger partial charge in [-0.2, -0.15) is 0 Å². The molecule has 2 rings (SSSR count). The zero-order valence-electron chi connectivity index (χ0n) is 10.4. The molecule has 0 spiro atoms. The fraction of sp³-hybridized carbons (Fsp3) is 0.231. The van der Waals surface area contributed by atoms with E-state index in [1.807, 2.05) is 6.92 Å². The van der Waals surface area contributed by atoms with Crippen molar-refractivity contribution in [2.45, 2.75) is 13.3 Å². The van der Waals surface area contributed by atoms with Gasteiger partial charge in [0.1, 0.15) is 17.2 Å². The fourth-order valence-electron chi connectivity index (χ4n) is 1.59. The molecule has 100 valence electrons. The highest BCUT2D eigenvalue weighted by molar-refractivity contribution is 7.80. The summed E-state index contributed by atoms with van der Waals surface area (Å²) >= 11 is 4.82. The molecule has 3 N–H and O–H groups in total. The first-order valence-electron chi connectivity index (χ1n) is 5.90. The summed E-state index contributed by atoms with van der Waals surface area (Å²) in [6.45, 7) is 2.60. The van der Waals surface area contributed by atoms with Gasteiger partial charge in [-0.3, -0.25) is 10.1 Å². The SMILES string of the molecule is CCCOc1ccc(C=C2NC(=S)NC2=O)c(O)c1. The minimum absolute atomic E-state index is 0.0496. The molecule has 1 amide bonds. The standard InChI is InChI=1S/C13H14N2O3S/c1-2-5-18-9-4-3-8(11(16)7-9)6-10-12(17)15-13(19)14-10/h3-4,6-7,16H,2,5H2,1H3,(H2,14,15,17,19). The maximum Gasteiger partial charge on any atom is 0.273 e. The molecule has 0 atom stereocenters. The van der Waals surface area contributed by atoms with Crippen LogP contribution in [-0.4, -0.2) is 22.7 Å². The highest BCUT2D eigenvalue weighted by atomic mass is 32.1. The Hall–Kier alpha value is -2.08. The van der Waals surface area contributed by atoms with E-state index >= 15 is 0 Å². The number of ether oxygens (including phenoxy) is 1. The molecule has 19 heavy (non-hydrogen) atoms. The van der Waals surface area contributed by atoms with E-state index in [-0.39, 0.29) is 16.8 Å². The second kappa shape index (κ2) is 5.71. The zero-order chi connectivity index (χ0) is 13.8. The number of carbonyl (C=O) groups is 1. The number of carbonyl (C=O) groups excluding carboxylic acids is 1. The lowest BCUT2D eigenvalue weighted by molar-refractivity contribution is -0.115. The minimum atomic E-state index is -0.310. The van der Waals surface area contributed by atoms with Gasteiger partial charge < -0.3 is 15.2 Å². The van der Waals surface area contributed by atoms with Crippen molar-refractivity contribution in [1.29, 1.82) is 0 Å². The molecule has 1 saturated heterocycles. The van der Waals surface area contributed by atoms with Crippen molar-refractivity contribution >= 4 is 29.3 Å². The Morgan fingerprint density at radius 3 is 2.79 bits per heavy atom. The zero-order valence-corrected chi connectivity index (χ0v) is 11.2. The Morgan fingerprint density at radius 2 is 2.21 bits per heavy atom. The number of phenolic OH excluding ortho intramolecular Hbond substituents is 1. The molecule has 1 heterocycles. The molecular formula is C13H14N2O3S. The minimum Gasteiger partial charge on any atom is -0.507 e. The first-order chi connectivity index (χ1) is 9.10. The van der Waals surface area contributed by atoms with Crippen LogP contribution in [0.25, 0.3) is 6.08 Å². The van der Waals surface area contributed by atoms with Gasteiger partial charge in [-0.15, -0.1) is 0 Å². The summed E-state index contributed by atoms with van der Waals surface area (Å²) in [5.41, 5.74) is 0.828. The molecule has 0 aromatic heterocycles. The maximum absolute atomic E-state index is 11.5. The second-order valence-electron chi connectivity index (χ2n) is 4.04. The van der Waals surface area contributed by atoms with Crippen LogP contribution in [0.5, 0.6) is 11.5 Å². The molecule has 1 aromatic carbocycles. The Kier molecular flexibility index (Phi) is 4.01. The van der Waals surface area contributed by atoms with Crippen LogP contribution < -0.4 is 15.4 Å². The van der Waals surface area contributed by atoms with Crippen molar-refractivity contribution in [3.63, 3.8) is 0 Å². The van der Waals surface area contributed by atoms with Crippen LogP contribution in [0.15, 0.2) is 23.9 Å². The maximum atomic E-state index is 11.5. The van der Waals surface area contributed by atoms with Crippen molar-refractivity contribution in [3.8, 4) is 11.5 Å². The highest BCUT2D eigenvalue weighted by Gasteiger charge is 2.20. The summed E-state index contributed by atoms with van der Waals surface area (Å²) in [5, 5.41) is 15.3. The first-order valence-corrected chi connectivity index (χ1v) is 6.31. The van der Waals surface area contributed by atoms with Crippen molar-refractivity contribution < 1.29 is 14.6 Å². The quantitative estimate of drug-likeness (QED) is 0.575. The fourth-order valence-corrected chi connectivity index (χ4v) is 1.80. The van der Waals surface area contributed by atoms with Gasteiger partial charge in [0.2, 0.25) is 0 Å². The van der Waals surface area contributed by atoms with Crippen LogP contribution in [0.1, 0.15) is 18.9 Å². The van der Waals surface area contributed by atoms with Gasteiger partial charge in [-0.25, -0.2) is 0 Å². The van der Waals surface area contributed by atoms with Crippen LogP contribution in [0, 0.1) is 0 Å². The summed E-state index contributed by atoms with van der Waals surface area (Å²) in [6, 6.07) is 4.95. The first kappa shape index (κ1) is 13.4. The van der Waals surface area contributed by atoms with Crippen molar-refractivity contribution in [2.24, 2.45) is 0 Å². The van der Waals surface area contributed by atoms with E-state index in [0.717, 1.165) is 6.42 Å². The number of rotatable bonds is 4. The Morgan fingerprint density at radius 1 is 1.42 bits per heavy atom. The van der Waals surface area contributed by atoms with Crippen molar-refractivity contribution in [2.75, 3.05) is 6.61 Å². The van der Waals surface area contributed by atoms with Crippen molar-refractivity contribution in [3.05, 3.63) is 29.5 Å². The lowest BCUT2D eigenvalue weighted by atomic mass is 10.1. The predicted octanol–water partition coefficient (Wildman–Crippen LogP) is 1.53. The summed E-state index contributed by atoms with van der Waals surface area (Å²) in [4.78, 5) is 11.5. The molecule has 1 aromatic rings. The van der Waals surface area contributed by atoms with Gasteiger partial charge in [-0.05, 0) is 36.8 Å². The molecule has 6 heteroatoms. The third-order valence-corrected chi connectivity index (χ3v) is 2.70. The van der Waals surface area contributed by atoms with Crippen LogP contribution in [0.4, 0.5) is 0 Å². The average Bonchev–Trinajstić information content (AvgIpc) is 2.68. The third-order valence-electron chi connectivity index (χ3n) is 2.49. The third kappa shape index (κ3) is 3.23. The predicted molar refractivity (Wildman–Crippen MR) is 75.7 cm³/mol. The number of hydrogen-bond acceptors (Lipinski definition) is 4. The smallest absolute Gasteiger partial charge is 0.273 e. The van der Waals surface area contributed by atoms with Gasteiger partial charge in [0.25, 0.3) is 5.91 Å². The number of nitrogens with one attached hydrogen (secondary N) is 2. The van der Waals surface area contributed by atoms with Crippen LogP contribution >= 0.6 is 12.2 Å². The second-order valence-corrected chi connectivity index (χ2v) is 4.44. The Bertz CT molecular complexity index is 555. The van der Waals surface area contributed by atoms with Crippen LogP contribution in [0.3, 0.4) is 0 Å². The van der Waals surface area contributed by atoms with E-state index in [1.54, 1.807) is 12.1 Å². The molecule has 0 bridgehead atoms. The molecule has 5 nitrogen and oxygen atoms in total. The van der Waals surface area contributed by atoms with E-state index in [0.29, 0.717) is 23.6 Å². The normalized spacial score (nSPS) is 16.4. The highest BCUT2D eigenvalue weighted by Crippen LogP contribution is 2.25. The lowest BCUT2D eigenvalue weighted by Crippen LogP contribution is -2.21. The van der Waals surface area contributed by atoms with E-state index < -0.39 is 0 Å². The number of benzene rings is 1. The van der Waals surface area contributed by atoms with Gasteiger partial charge in [-0.1, -0.05) is 6.92 Å². The molecule has 1 aliphatic heterocycles. The van der Waals surface area contributed by atoms with Crippen LogP contribution in [0.2, 0.25) is 0 Å². The number of amides is 1. The summed E-state index contributed by atoms with van der Waals surface area (Å²) in [5.74, 6) is 0.338. The van der Waals surface area contributed by atoms with E-state index in [2.05, 4.69) is 10.6 Å².